The Hall–Kier alpha value is -0.130. The third-order valence-electron chi connectivity index (χ3n) is 2.58. The SMILES string of the molecule is CC(C)OC(=O)CCC1(CCCBr)OCCO1. The Morgan fingerprint density at radius 2 is 2.00 bits per heavy atom. The highest BCUT2D eigenvalue weighted by molar-refractivity contribution is 9.09. The summed E-state index contributed by atoms with van der Waals surface area (Å²) < 4.78 is 16.4. The predicted octanol–water partition coefficient (Wildman–Crippen LogP) is 2.64. The van der Waals surface area contributed by atoms with Gasteiger partial charge in [0.15, 0.2) is 5.79 Å². The van der Waals surface area contributed by atoms with Gasteiger partial charge >= 0.3 is 5.97 Å². The number of halogens is 1. The van der Waals surface area contributed by atoms with E-state index in [9.17, 15) is 4.79 Å². The van der Waals surface area contributed by atoms with E-state index in [1.807, 2.05) is 13.8 Å². The Kier molecular flexibility index (Phi) is 6.44. The molecule has 4 nitrogen and oxygen atoms in total. The normalized spacial score (nSPS) is 18.6. The zero-order valence-electron chi connectivity index (χ0n) is 10.5. The van der Waals surface area contributed by atoms with Gasteiger partial charge in [0, 0.05) is 18.2 Å². The molecule has 0 spiro atoms. The molecule has 1 aliphatic heterocycles. The van der Waals surface area contributed by atoms with E-state index in [1.54, 1.807) is 0 Å². The largest absolute Gasteiger partial charge is 0.463 e. The van der Waals surface area contributed by atoms with Gasteiger partial charge in [-0.3, -0.25) is 4.79 Å². The molecule has 0 unspecified atom stereocenters. The van der Waals surface area contributed by atoms with Crippen molar-refractivity contribution < 1.29 is 19.0 Å². The maximum absolute atomic E-state index is 11.5. The molecule has 1 rings (SSSR count). The van der Waals surface area contributed by atoms with Crippen LogP contribution < -0.4 is 0 Å². The summed E-state index contributed by atoms with van der Waals surface area (Å²) in [5, 5.41) is 0.915. The Bertz CT molecular complexity index is 237. The summed E-state index contributed by atoms with van der Waals surface area (Å²) in [4.78, 5) is 11.5. The maximum atomic E-state index is 11.5. The minimum absolute atomic E-state index is 0.0635. The van der Waals surface area contributed by atoms with Crippen LogP contribution in [0.1, 0.15) is 39.5 Å². The van der Waals surface area contributed by atoms with Gasteiger partial charge in [-0.2, -0.15) is 0 Å². The van der Waals surface area contributed by atoms with Crippen molar-refractivity contribution >= 4 is 21.9 Å². The van der Waals surface area contributed by atoms with Crippen LogP contribution in [-0.4, -0.2) is 36.4 Å². The van der Waals surface area contributed by atoms with E-state index < -0.39 is 5.79 Å². The first kappa shape index (κ1) is 14.9. The quantitative estimate of drug-likeness (QED) is 0.536. The fourth-order valence-electron chi connectivity index (χ4n) is 1.86. The third kappa shape index (κ3) is 5.36. The lowest BCUT2D eigenvalue weighted by molar-refractivity contribution is -0.175. The van der Waals surface area contributed by atoms with Crippen LogP contribution >= 0.6 is 15.9 Å². The Balaban J connectivity index is 2.36. The Labute approximate surface area is 111 Å². The second-order valence-corrected chi connectivity index (χ2v) is 5.23. The highest BCUT2D eigenvalue weighted by Gasteiger charge is 2.36. The van der Waals surface area contributed by atoms with Crippen LogP contribution in [0.5, 0.6) is 0 Å². The molecule has 1 heterocycles. The number of rotatable bonds is 7. The summed E-state index contributed by atoms with van der Waals surface area (Å²) in [5.74, 6) is -0.749. The van der Waals surface area contributed by atoms with Crippen molar-refractivity contribution in [3.63, 3.8) is 0 Å². The number of carbonyl (C=O) groups is 1. The van der Waals surface area contributed by atoms with Gasteiger partial charge in [0.2, 0.25) is 0 Å². The van der Waals surface area contributed by atoms with Crippen LogP contribution in [0, 0.1) is 0 Å². The summed E-state index contributed by atoms with van der Waals surface area (Å²) in [6.07, 6.45) is 2.64. The zero-order chi connectivity index (χ0) is 12.7. The first-order chi connectivity index (χ1) is 8.08. The topological polar surface area (TPSA) is 44.8 Å². The minimum Gasteiger partial charge on any atom is -0.463 e. The molecule has 0 aromatic rings. The van der Waals surface area contributed by atoms with Gasteiger partial charge < -0.3 is 14.2 Å². The van der Waals surface area contributed by atoms with E-state index >= 15 is 0 Å². The van der Waals surface area contributed by atoms with Crippen molar-refractivity contribution in [2.75, 3.05) is 18.5 Å². The molecule has 100 valence electrons. The molecule has 0 N–H and O–H groups in total. The van der Waals surface area contributed by atoms with E-state index in [-0.39, 0.29) is 12.1 Å². The van der Waals surface area contributed by atoms with Gasteiger partial charge in [-0.15, -0.1) is 0 Å². The van der Waals surface area contributed by atoms with Crippen LogP contribution in [0.2, 0.25) is 0 Å². The number of hydrogen-bond donors (Lipinski definition) is 0. The summed E-state index contributed by atoms with van der Waals surface area (Å²) in [7, 11) is 0. The van der Waals surface area contributed by atoms with E-state index in [0.29, 0.717) is 26.1 Å². The number of alkyl halides is 1. The van der Waals surface area contributed by atoms with Crippen molar-refractivity contribution in [3.05, 3.63) is 0 Å². The zero-order valence-corrected chi connectivity index (χ0v) is 12.1. The fraction of sp³-hybridized carbons (Fsp3) is 0.917. The summed E-state index contributed by atoms with van der Waals surface area (Å²) in [5.41, 5.74) is 0. The molecule has 1 fully saturated rings. The predicted molar refractivity (Wildman–Crippen MR) is 68.1 cm³/mol. The average molecular weight is 309 g/mol. The lowest BCUT2D eigenvalue weighted by atomic mass is 10.1. The Morgan fingerprint density at radius 3 is 2.53 bits per heavy atom. The first-order valence-corrected chi connectivity index (χ1v) is 7.23. The van der Waals surface area contributed by atoms with Crippen molar-refractivity contribution in [1.29, 1.82) is 0 Å². The smallest absolute Gasteiger partial charge is 0.306 e. The van der Waals surface area contributed by atoms with E-state index in [1.165, 1.54) is 0 Å². The molecule has 5 heteroatoms. The average Bonchev–Trinajstić information content (AvgIpc) is 2.72. The standard InChI is InChI=1S/C12H21BrO4/c1-10(2)17-11(14)4-6-12(5-3-7-13)15-8-9-16-12/h10H,3-9H2,1-2H3. The highest BCUT2D eigenvalue weighted by Crippen LogP contribution is 2.30. The highest BCUT2D eigenvalue weighted by atomic mass is 79.9. The molecule has 0 radical (unpaired) electrons. The van der Waals surface area contributed by atoms with E-state index in [0.717, 1.165) is 18.2 Å². The van der Waals surface area contributed by atoms with Crippen molar-refractivity contribution in [2.24, 2.45) is 0 Å². The van der Waals surface area contributed by atoms with Gasteiger partial charge in [-0.1, -0.05) is 15.9 Å². The minimum atomic E-state index is -0.566. The molecule has 0 aromatic carbocycles. The van der Waals surface area contributed by atoms with Crippen LogP contribution in [-0.2, 0) is 19.0 Å². The second-order valence-electron chi connectivity index (χ2n) is 4.44. The molecule has 0 amide bonds. The van der Waals surface area contributed by atoms with E-state index in [2.05, 4.69) is 15.9 Å². The van der Waals surface area contributed by atoms with Gasteiger partial charge in [0.05, 0.1) is 25.7 Å². The maximum Gasteiger partial charge on any atom is 0.306 e. The molecule has 0 saturated carbocycles. The molecular formula is C12H21BrO4. The van der Waals surface area contributed by atoms with Gasteiger partial charge in [0.25, 0.3) is 0 Å². The molecule has 1 saturated heterocycles. The van der Waals surface area contributed by atoms with Gasteiger partial charge in [-0.25, -0.2) is 0 Å². The molecule has 0 atom stereocenters. The van der Waals surface area contributed by atoms with E-state index in [4.69, 9.17) is 14.2 Å². The molecule has 0 bridgehead atoms. The summed E-state index contributed by atoms with van der Waals surface area (Å²) >= 11 is 3.39. The number of esters is 1. The van der Waals surface area contributed by atoms with Crippen LogP contribution in [0.15, 0.2) is 0 Å². The van der Waals surface area contributed by atoms with Gasteiger partial charge in [0.1, 0.15) is 0 Å². The molecule has 17 heavy (non-hydrogen) atoms. The third-order valence-corrected chi connectivity index (χ3v) is 3.14. The number of carbonyl (C=O) groups excluding carboxylic acids is 1. The lowest BCUT2D eigenvalue weighted by Gasteiger charge is -2.27. The van der Waals surface area contributed by atoms with Crippen LogP contribution in [0.4, 0.5) is 0 Å². The van der Waals surface area contributed by atoms with Crippen molar-refractivity contribution in [3.8, 4) is 0 Å². The number of hydrogen-bond acceptors (Lipinski definition) is 4. The summed E-state index contributed by atoms with van der Waals surface area (Å²) in [6.45, 7) is 4.92. The van der Waals surface area contributed by atoms with Crippen LogP contribution in [0.3, 0.4) is 0 Å². The van der Waals surface area contributed by atoms with Crippen LogP contribution in [0.25, 0.3) is 0 Å². The molecular weight excluding hydrogens is 288 g/mol. The molecule has 0 aliphatic carbocycles. The summed E-state index contributed by atoms with van der Waals surface area (Å²) in [6, 6.07) is 0. The second kappa shape index (κ2) is 7.34. The van der Waals surface area contributed by atoms with Gasteiger partial charge in [-0.05, 0) is 20.3 Å². The number of ether oxygens (including phenoxy) is 3. The molecule has 1 aliphatic rings. The first-order valence-electron chi connectivity index (χ1n) is 6.11. The fourth-order valence-corrected chi connectivity index (χ4v) is 2.14. The monoisotopic (exact) mass is 308 g/mol. The van der Waals surface area contributed by atoms with Crippen molar-refractivity contribution in [2.45, 2.75) is 51.4 Å². The lowest BCUT2D eigenvalue weighted by Crippen LogP contribution is -2.31. The molecule has 0 aromatic heterocycles. The van der Waals surface area contributed by atoms with Crippen molar-refractivity contribution in [1.82, 2.24) is 0 Å². The Morgan fingerprint density at radius 1 is 1.35 bits per heavy atom.